The van der Waals surface area contributed by atoms with E-state index in [1.165, 1.54) is 13.0 Å². The van der Waals surface area contributed by atoms with E-state index < -0.39 is 41.7 Å². The summed E-state index contributed by atoms with van der Waals surface area (Å²) in [5.74, 6) is -0.382. The minimum absolute atomic E-state index is 0.0909. The molecule has 0 saturated carbocycles. The van der Waals surface area contributed by atoms with Crippen LogP contribution in [-0.4, -0.2) is 70.8 Å². The topological polar surface area (TPSA) is 110 Å². The zero-order valence-corrected chi connectivity index (χ0v) is 26.8. The largest absolute Gasteiger partial charge is 0.463 e. The molecule has 3 rings (SSSR count). The van der Waals surface area contributed by atoms with Crippen LogP contribution in [0.5, 0.6) is 0 Å². The summed E-state index contributed by atoms with van der Waals surface area (Å²) < 4.78 is 41.2. The first-order valence-electron chi connectivity index (χ1n) is 13.5. The van der Waals surface area contributed by atoms with Crippen molar-refractivity contribution in [1.29, 1.82) is 0 Å². The zero-order chi connectivity index (χ0) is 28.4. The summed E-state index contributed by atoms with van der Waals surface area (Å²) in [6.45, 7) is 19.2. The van der Waals surface area contributed by atoms with Gasteiger partial charge in [-0.15, -0.1) is 0 Å². The van der Waals surface area contributed by atoms with Gasteiger partial charge in [-0.05, 0) is 34.4 Å². The van der Waals surface area contributed by atoms with Gasteiger partial charge < -0.3 is 27.2 Å². The zero-order valence-electron chi connectivity index (χ0n) is 24.0. The summed E-state index contributed by atoms with van der Waals surface area (Å²) in [7, 11) is -5.67. The standard InChI is InChI=1S/C25H44N2O8SSi2/c1-15(2)37(16(3)4)32-14-20-22(34-38(35-37,17(5)6)18(7)8)23(31-13-12-30-19(9)28)24(33-20)27-11-10-21(29)26-25(27)36/h10-11,15-18,20,22-24H,12-14H2,1-9H3,(H,26,29,36)/t20-,22-,23-,24-/m1/s1. The molecule has 2 aliphatic rings. The van der Waals surface area contributed by atoms with Gasteiger partial charge >= 0.3 is 23.1 Å². The van der Waals surface area contributed by atoms with Gasteiger partial charge in [-0.3, -0.25) is 19.1 Å². The molecule has 216 valence electrons. The first-order valence-corrected chi connectivity index (χ1v) is 17.8. The van der Waals surface area contributed by atoms with Gasteiger partial charge in [0.15, 0.2) is 11.0 Å². The third kappa shape index (κ3) is 6.24. The van der Waals surface area contributed by atoms with Gasteiger partial charge in [-0.25, -0.2) is 0 Å². The number of esters is 1. The molecule has 2 aliphatic heterocycles. The summed E-state index contributed by atoms with van der Waals surface area (Å²) in [5, 5.41) is 0. The Hall–Kier alpha value is -1.20. The molecule has 4 atom stereocenters. The molecule has 2 saturated heterocycles. The highest BCUT2D eigenvalue weighted by Gasteiger charge is 2.62. The summed E-state index contributed by atoms with van der Waals surface area (Å²) in [6.07, 6.45) is -0.675. The Kier molecular flexibility index (Phi) is 10.3. The van der Waals surface area contributed by atoms with Gasteiger partial charge in [0.05, 0.1) is 13.2 Å². The van der Waals surface area contributed by atoms with Crippen LogP contribution in [0.2, 0.25) is 22.2 Å². The molecule has 13 heteroatoms. The van der Waals surface area contributed by atoms with Crippen LogP contribution in [0.3, 0.4) is 0 Å². The molecule has 0 spiro atoms. The number of ether oxygens (including phenoxy) is 3. The van der Waals surface area contributed by atoms with Gasteiger partial charge in [-0.2, -0.15) is 0 Å². The molecule has 10 nitrogen and oxygen atoms in total. The van der Waals surface area contributed by atoms with Crippen LogP contribution in [0.4, 0.5) is 0 Å². The second-order valence-electron chi connectivity index (χ2n) is 11.3. The number of carbonyl (C=O) groups is 1. The van der Waals surface area contributed by atoms with E-state index in [2.05, 4.69) is 60.4 Å². The smallest absolute Gasteiger partial charge is 0.335 e. The minimum atomic E-state index is -2.93. The van der Waals surface area contributed by atoms with E-state index in [4.69, 9.17) is 39.4 Å². The van der Waals surface area contributed by atoms with E-state index in [-0.39, 0.29) is 58.3 Å². The van der Waals surface area contributed by atoms with Crippen molar-refractivity contribution in [3.63, 3.8) is 0 Å². The van der Waals surface area contributed by atoms with Gasteiger partial charge in [0.2, 0.25) is 0 Å². The number of hydrogen-bond acceptors (Lipinski definition) is 9. The number of aromatic amines is 1. The van der Waals surface area contributed by atoms with Crippen LogP contribution in [0, 0.1) is 4.77 Å². The Morgan fingerprint density at radius 2 is 1.68 bits per heavy atom. The first-order chi connectivity index (χ1) is 17.7. The SMILES string of the molecule is CC(=O)OCCO[C@@H]1[C@@H]2O[Si](C(C)C)(C(C)C)O[Si](C(C)C)(C(C)C)OC[C@H]2O[C@H]1n1ccc(=O)[nH]c1=S. The number of fused-ring (bicyclic) bond motifs is 1. The number of rotatable bonds is 9. The minimum Gasteiger partial charge on any atom is -0.463 e. The fraction of sp³-hybridized carbons (Fsp3) is 0.800. The predicted molar refractivity (Wildman–Crippen MR) is 150 cm³/mol. The third-order valence-corrected chi connectivity index (χ3v) is 18.0. The maximum Gasteiger partial charge on any atom is 0.335 e. The summed E-state index contributed by atoms with van der Waals surface area (Å²) in [4.78, 5) is 25.9. The first kappa shape index (κ1) is 31.3. The van der Waals surface area contributed by atoms with Gasteiger partial charge in [0, 0.05) is 19.2 Å². The second-order valence-corrected chi connectivity index (χ2v) is 20.5. The Balaban J connectivity index is 2.10. The van der Waals surface area contributed by atoms with Crippen molar-refractivity contribution in [3.05, 3.63) is 27.4 Å². The molecule has 1 aromatic rings. The molecular weight excluding hydrogens is 545 g/mol. The Bertz CT molecular complexity index is 1060. The van der Waals surface area contributed by atoms with Crippen LogP contribution in [0.15, 0.2) is 17.1 Å². The van der Waals surface area contributed by atoms with Crippen molar-refractivity contribution in [1.82, 2.24) is 9.55 Å². The lowest BCUT2D eigenvalue weighted by Crippen LogP contribution is -2.66. The molecule has 0 aliphatic carbocycles. The predicted octanol–water partition coefficient (Wildman–Crippen LogP) is 4.71. The van der Waals surface area contributed by atoms with E-state index in [0.717, 1.165) is 0 Å². The quantitative estimate of drug-likeness (QED) is 0.190. The van der Waals surface area contributed by atoms with Gasteiger partial charge in [0.1, 0.15) is 24.9 Å². The molecule has 1 N–H and O–H groups in total. The van der Waals surface area contributed by atoms with Crippen molar-refractivity contribution in [2.45, 2.75) is 109 Å². The number of nitrogens with zero attached hydrogens (tertiary/aromatic N) is 1. The Morgan fingerprint density at radius 3 is 2.21 bits per heavy atom. The maximum absolute atomic E-state index is 11.9. The monoisotopic (exact) mass is 588 g/mol. The molecule has 0 unspecified atom stereocenters. The van der Waals surface area contributed by atoms with Crippen molar-refractivity contribution in [2.24, 2.45) is 0 Å². The van der Waals surface area contributed by atoms with Crippen LogP contribution >= 0.6 is 12.2 Å². The van der Waals surface area contributed by atoms with E-state index in [9.17, 15) is 9.59 Å². The lowest BCUT2D eigenvalue weighted by Gasteiger charge is -2.51. The number of H-pyrrole nitrogens is 1. The second kappa shape index (κ2) is 12.5. The van der Waals surface area contributed by atoms with E-state index in [1.807, 2.05) is 0 Å². The Morgan fingerprint density at radius 1 is 1.08 bits per heavy atom. The van der Waals surface area contributed by atoms with Crippen LogP contribution in [0.1, 0.15) is 68.5 Å². The Labute approximate surface area is 232 Å². The van der Waals surface area contributed by atoms with Crippen molar-refractivity contribution < 1.29 is 32.0 Å². The summed E-state index contributed by atoms with van der Waals surface area (Å²) in [5.41, 5.74) is 0.363. The van der Waals surface area contributed by atoms with E-state index >= 15 is 0 Å². The molecule has 1 aromatic heterocycles. The lowest BCUT2D eigenvalue weighted by molar-refractivity contribution is -0.144. The molecule has 0 radical (unpaired) electrons. The number of aromatic nitrogens is 2. The summed E-state index contributed by atoms with van der Waals surface area (Å²) >= 11 is 5.47. The molecule has 3 heterocycles. The maximum atomic E-state index is 11.9. The number of nitrogens with one attached hydrogen (secondary N) is 1. The number of carbonyl (C=O) groups excluding carboxylic acids is 1. The molecule has 38 heavy (non-hydrogen) atoms. The average molecular weight is 589 g/mol. The highest BCUT2D eigenvalue weighted by atomic mass is 32.1. The normalized spacial score (nSPS) is 27.0. The van der Waals surface area contributed by atoms with Crippen molar-refractivity contribution >= 4 is 35.3 Å². The fourth-order valence-electron chi connectivity index (χ4n) is 5.52. The summed E-state index contributed by atoms with van der Waals surface area (Å²) in [6, 6.07) is 1.40. The van der Waals surface area contributed by atoms with Crippen molar-refractivity contribution in [3.8, 4) is 0 Å². The van der Waals surface area contributed by atoms with E-state index in [0.29, 0.717) is 0 Å². The molecule has 0 bridgehead atoms. The van der Waals surface area contributed by atoms with Gasteiger partial charge in [0.25, 0.3) is 5.56 Å². The third-order valence-electron chi connectivity index (χ3n) is 7.44. The molecule has 2 fully saturated rings. The van der Waals surface area contributed by atoms with Crippen LogP contribution in [-0.2, 0) is 32.0 Å². The van der Waals surface area contributed by atoms with Crippen LogP contribution in [0.25, 0.3) is 0 Å². The molecular formula is C25H44N2O8SSi2. The highest BCUT2D eigenvalue weighted by molar-refractivity contribution is 7.71. The molecule has 0 amide bonds. The van der Waals surface area contributed by atoms with Crippen LogP contribution < -0.4 is 5.56 Å². The van der Waals surface area contributed by atoms with Crippen molar-refractivity contribution in [2.75, 3.05) is 19.8 Å². The lowest BCUT2D eigenvalue weighted by atomic mass is 10.1. The van der Waals surface area contributed by atoms with Gasteiger partial charge in [-0.1, -0.05) is 55.4 Å². The fourth-order valence-corrected chi connectivity index (χ4v) is 17.0. The number of hydrogen-bond donors (Lipinski definition) is 1. The highest BCUT2D eigenvalue weighted by Crippen LogP contribution is 2.48. The average Bonchev–Trinajstić information content (AvgIpc) is 3.12. The van der Waals surface area contributed by atoms with E-state index in [1.54, 1.807) is 10.8 Å². The molecule has 0 aromatic carbocycles.